The molecule has 160 valence electrons. The number of nitrogens with zero attached hydrogens (tertiary/aromatic N) is 5. The van der Waals surface area contributed by atoms with Gasteiger partial charge in [0.25, 0.3) is 5.56 Å². The van der Waals surface area contributed by atoms with Crippen LogP contribution in [0.1, 0.15) is 32.8 Å². The summed E-state index contributed by atoms with van der Waals surface area (Å²) in [6.45, 7) is 10.2. The van der Waals surface area contributed by atoms with Gasteiger partial charge in [-0.05, 0) is 42.9 Å². The summed E-state index contributed by atoms with van der Waals surface area (Å²) in [5.41, 5.74) is 2.28. The van der Waals surface area contributed by atoms with E-state index in [-0.39, 0.29) is 11.2 Å². The van der Waals surface area contributed by atoms with Crippen LogP contribution in [0.25, 0.3) is 11.2 Å². The van der Waals surface area contributed by atoms with Crippen LogP contribution in [0.4, 0.5) is 11.6 Å². The molecule has 0 saturated carbocycles. The molecule has 0 N–H and O–H groups in total. The molecule has 30 heavy (non-hydrogen) atoms. The number of halogens is 1. The third kappa shape index (κ3) is 3.25. The molecule has 1 aromatic carbocycles. The smallest absolute Gasteiger partial charge is 0.311 e. The molecular formula is C22H28ClN5O2. The third-order valence-corrected chi connectivity index (χ3v) is 6.31. The van der Waals surface area contributed by atoms with Crippen molar-refractivity contribution in [3.63, 3.8) is 0 Å². The molecule has 1 aliphatic rings. The standard InChI is InChI=1S/C22H28ClN5O2/c1-13(2)9-10-26-20(29)18-19(25(5)22(26)30)24-21-27(11-14(3)12-28(18)21)17-8-6-7-16(23)15(17)4/h6-8,13-14H,9-12H2,1-5H3/t14-/m0/s1. The summed E-state index contributed by atoms with van der Waals surface area (Å²) in [6.07, 6.45) is 0.770. The molecule has 0 radical (unpaired) electrons. The Balaban J connectivity index is 1.97. The van der Waals surface area contributed by atoms with Crippen LogP contribution in [0.5, 0.6) is 0 Å². The van der Waals surface area contributed by atoms with Crippen LogP contribution >= 0.6 is 11.6 Å². The van der Waals surface area contributed by atoms with E-state index in [9.17, 15) is 9.59 Å². The van der Waals surface area contributed by atoms with Crippen LogP contribution in [0, 0.1) is 18.8 Å². The van der Waals surface area contributed by atoms with Gasteiger partial charge in [-0.25, -0.2) is 4.79 Å². The fraction of sp³-hybridized carbons (Fsp3) is 0.500. The zero-order chi connectivity index (χ0) is 21.7. The summed E-state index contributed by atoms with van der Waals surface area (Å²) >= 11 is 6.37. The summed E-state index contributed by atoms with van der Waals surface area (Å²) < 4.78 is 4.82. The van der Waals surface area contributed by atoms with Gasteiger partial charge in [-0.3, -0.25) is 13.9 Å². The molecular weight excluding hydrogens is 402 g/mol. The molecule has 3 aromatic rings. The molecule has 2 aromatic heterocycles. The SMILES string of the molecule is Cc1c(Cl)cccc1N1C[C@H](C)Cn2c1nc1c2c(=O)n(CCC(C)C)c(=O)n1C. The Labute approximate surface area is 180 Å². The number of aromatic nitrogens is 4. The Morgan fingerprint density at radius 2 is 1.97 bits per heavy atom. The lowest BCUT2D eigenvalue weighted by atomic mass is 10.1. The highest BCUT2D eigenvalue weighted by Crippen LogP contribution is 2.36. The highest BCUT2D eigenvalue weighted by molar-refractivity contribution is 6.31. The van der Waals surface area contributed by atoms with Crippen LogP contribution in [0.2, 0.25) is 5.02 Å². The summed E-state index contributed by atoms with van der Waals surface area (Å²) in [5, 5.41) is 0.692. The molecule has 7 nitrogen and oxygen atoms in total. The van der Waals surface area contributed by atoms with Crippen molar-refractivity contribution in [3.05, 3.63) is 49.6 Å². The maximum Gasteiger partial charge on any atom is 0.332 e. The summed E-state index contributed by atoms with van der Waals surface area (Å²) in [6, 6.07) is 5.81. The van der Waals surface area contributed by atoms with E-state index >= 15 is 0 Å². The molecule has 1 aliphatic heterocycles. The first-order chi connectivity index (χ1) is 14.2. The second-order valence-electron chi connectivity index (χ2n) is 8.78. The highest BCUT2D eigenvalue weighted by atomic mass is 35.5. The Morgan fingerprint density at radius 3 is 2.67 bits per heavy atom. The van der Waals surface area contributed by atoms with Gasteiger partial charge in [0.15, 0.2) is 11.2 Å². The molecule has 0 amide bonds. The van der Waals surface area contributed by atoms with Crippen molar-refractivity contribution in [2.24, 2.45) is 18.9 Å². The predicted molar refractivity (Wildman–Crippen MR) is 121 cm³/mol. The minimum atomic E-state index is -0.317. The molecule has 3 heterocycles. The summed E-state index contributed by atoms with van der Waals surface area (Å²) in [4.78, 5) is 33.1. The van der Waals surface area contributed by atoms with Crippen LogP contribution in [0.15, 0.2) is 27.8 Å². The van der Waals surface area contributed by atoms with Gasteiger partial charge < -0.3 is 9.47 Å². The second-order valence-corrected chi connectivity index (χ2v) is 9.18. The van der Waals surface area contributed by atoms with E-state index in [0.717, 1.165) is 24.2 Å². The topological polar surface area (TPSA) is 65.1 Å². The molecule has 0 bridgehead atoms. The number of rotatable bonds is 4. The van der Waals surface area contributed by atoms with Gasteiger partial charge in [-0.15, -0.1) is 0 Å². The number of imidazole rings is 1. The summed E-state index contributed by atoms with van der Waals surface area (Å²) in [5.74, 6) is 1.38. The van der Waals surface area contributed by atoms with Gasteiger partial charge in [-0.2, -0.15) is 4.98 Å². The lowest BCUT2D eigenvalue weighted by Gasteiger charge is -2.34. The monoisotopic (exact) mass is 429 g/mol. The molecule has 1 atom stereocenters. The predicted octanol–water partition coefficient (Wildman–Crippen LogP) is 3.69. The quantitative estimate of drug-likeness (QED) is 0.634. The highest BCUT2D eigenvalue weighted by Gasteiger charge is 2.30. The first-order valence-corrected chi connectivity index (χ1v) is 10.8. The molecule has 8 heteroatoms. The number of fused-ring (bicyclic) bond motifs is 3. The van der Waals surface area contributed by atoms with Gasteiger partial charge in [0.05, 0.1) is 0 Å². The molecule has 0 unspecified atom stereocenters. The van der Waals surface area contributed by atoms with Gasteiger partial charge in [0.2, 0.25) is 5.95 Å². The van der Waals surface area contributed by atoms with Crippen molar-refractivity contribution in [1.82, 2.24) is 18.7 Å². The van der Waals surface area contributed by atoms with Crippen LogP contribution in [0.3, 0.4) is 0 Å². The average molecular weight is 430 g/mol. The Bertz CT molecular complexity index is 1240. The zero-order valence-corrected chi connectivity index (χ0v) is 18.9. The molecule has 0 aliphatic carbocycles. The van der Waals surface area contributed by atoms with Crippen molar-refractivity contribution in [3.8, 4) is 0 Å². The Morgan fingerprint density at radius 1 is 1.23 bits per heavy atom. The van der Waals surface area contributed by atoms with Crippen LogP contribution in [-0.4, -0.2) is 25.2 Å². The van der Waals surface area contributed by atoms with Gasteiger partial charge in [0.1, 0.15) is 0 Å². The van der Waals surface area contributed by atoms with Gasteiger partial charge in [-0.1, -0.05) is 38.4 Å². The van der Waals surface area contributed by atoms with Gasteiger partial charge >= 0.3 is 5.69 Å². The van der Waals surface area contributed by atoms with E-state index in [1.54, 1.807) is 7.05 Å². The third-order valence-electron chi connectivity index (χ3n) is 5.90. The fourth-order valence-electron chi connectivity index (χ4n) is 4.18. The zero-order valence-electron chi connectivity index (χ0n) is 18.1. The largest absolute Gasteiger partial charge is 0.332 e. The minimum Gasteiger partial charge on any atom is -0.311 e. The molecule has 0 spiro atoms. The van der Waals surface area contributed by atoms with E-state index in [1.807, 2.05) is 29.7 Å². The maximum atomic E-state index is 13.4. The maximum absolute atomic E-state index is 13.4. The molecule has 4 rings (SSSR count). The number of anilines is 2. The van der Waals surface area contributed by atoms with E-state index in [0.29, 0.717) is 47.1 Å². The average Bonchev–Trinajstić information content (AvgIpc) is 3.07. The normalized spacial score (nSPS) is 16.5. The molecule has 0 saturated heterocycles. The van der Waals surface area contributed by atoms with Crippen molar-refractivity contribution >= 4 is 34.4 Å². The van der Waals surface area contributed by atoms with Crippen molar-refractivity contribution in [1.29, 1.82) is 0 Å². The van der Waals surface area contributed by atoms with E-state index in [4.69, 9.17) is 16.6 Å². The lowest BCUT2D eigenvalue weighted by molar-refractivity contribution is 0.455. The number of benzene rings is 1. The second kappa shape index (κ2) is 7.61. The number of aryl methyl sites for hydroxylation is 1. The van der Waals surface area contributed by atoms with Crippen molar-refractivity contribution in [2.75, 3.05) is 11.4 Å². The van der Waals surface area contributed by atoms with Crippen LogP contribution < -0.4 is 16.1 Å². The molecule has 0 fully saturated rings. The number of hydrogen-bond donors (Lipinski definition) is 0. The van der Waals surface area contributed by atoms with E-state index < -0.39 is 0 Å². The first kappa shape index (κ1) is 20.7. The van der Waals surface area contributed by atoms with E-state index in [1.165, 1.54) is 9.13 Å². The number of hydrogen-bond acceptors (Lipinski definition) is 4. The Hall–Kier alpha value is -2.54. The van der Waals surface area contributed by atoms with Crippen molar-refractivity contribution in [2.45, 2.75) is 47.2 Å². The van der Waals surface area contributed by atoms with Gasteiger partial charge in [0, 0.05) is 37.4 Å². The first-order valence-electron chi connectivity index (χ1n) is 10.4. The fourth-order valence-corrected chi connectivity index (χ4v) is 4.35. The van der Waals surface area contributed by atoms with Crippen molar-refractivity contribution < 1.29 is 0 Å². The lowest BCUT2D eigenvalue weighted by Crippen LogP contribution is -2.40. The Kier molecular flexibility index (Phi) is 5.26. The van der Waals surface area contributed by atoms with E-state index in [2.05, 4.69) is 25.7 Å². The summed E-state index contributed by atoms with van der Waals surface area (Å²) in [7, 11) is 1.69. The minimum absolute atomic E-state index is 0.260. The van der Waals surface area contributed by atoms with Crippen LogP contribution in [-0.2, 0) is 20.1 Å².